The SMILES string of the molecule is COc1cc(N)ccc1C(=O)NCc1cccc(CO)c1. The lowest BCUT2D eigenvalue weighted by Crippen LogP contribution is -2.23. The van der Waals surface area contributed by atoms with E-state index in [1.165, 1.54) is 7.11 Å². The molecule has 21 heavy (non-hydrogen) atoms. The first-order valence-corrected chi connectivity index (χ1v) is 6.54. The van der Waals surface area contributed by atoms with Crippen molar-refractivity contribution in [2.45, 2.75) is 13.2 Å². The van der Waals surface area contributed by atoms with Crippen LogP contribution in [0.5, 0.6) is 5.75 Å². The topological polar surface area (TPSA) is 84.6 Å². The Morgan fingerprint density at radius 3 is 2.71 bits per heavy atom. The second-order valence-corrected chi connectivity index (χ2v) is 4.62. The molecular weight excluding hydrogens is 268 g/mol. The molecule has 0 aromatic heterocycles. The van der Waals surface area contributed by atoms with Gasteiger partial charge in [0, 0.05) is 18.3 Å². The Hall–Kier alpha value is -2.53. The molecule has 0 radical (unpaired) electrons. The van der Waals surface area contributed by atoms with E-state index in [1.807, 2.05) is 24.3 Å². The zero-order chi connectivity index (χ0) is 15.2. The van der Waals surface area contributed by atoms with E-state index in [0.717, 1.165) is 11.1 Å². The fourth-order valence-corrected chi connectivity index (χ4v) is 2.01. The maximum Gasteiger partial charge on any atom is 0.255 e. The summed E-state index contributed by atoms with van der Waals surface area (Å²) in [6.45, 7) is 0.355. The number of carbonyl (C=O) groups excluding carboxylic acids is 1. The van der Waals surface area contributed by atoms with Crippen LogP contribution in [0.1, 0.15) is 21.5 Å². The molecule has 4 N–H and O–H groups in total. The van der Waals surface area contributed by atoms with E-state index >= 15 is 0 Å². The molecule has 0 atom stereocenters. The molecule has 0 saturated carbocycles. The highest BCUT2D eigenvalue weighted by Crippen LogP contribution is 2.21. The van der Waals surface area contributed by atoms with Gasteiger partial charge >= 0.3 is 0 Å². The normalized spacial score (nSPS) is 10.2. The smallest absolute Gasteiger partial charge is 0.255 e. The van der Waals surface area contributed by atoms with Gasteiger partial charge in [-0.1, -0.05) is 24.3 Å². The molecule has 0 unspecified atom stereocenters. The predicted molar refractivity (Wildman–Crippen MR) is 80.9 cm³/mol. The van der Waals surface area contributed by atoms with Gasteiger partial charge in [0.1, 0.15) is 5.75 Å². The van der Waals surface area contributed by atoms with Crippen LogP contribution in [-0.2, 0) is 13.2 Å². The van der Waals surface area contributed by atoms with Gasteiger partial charge in [-0.2, -0.15) is 0 Å². The minimum atomic E-state index is -0.235. The lowest BCUT2D eigenvalue weighted by Gasteiger charge is -2.10. The van der Waals surface area contributed by atoms with Crippen molar-refractivity contribution in [3.05, 3.63) is 59.2 Å². The molecule has 0 saturated heterocycles. The van der Waals surface area contributed by atoms with Crippen molar-refractivity contribution >= 4 is 11.6 Å². The number of methoxy groups -OCH3 is 1. The van der Waals surface area contributed by atoms with E-state index in [-0.39, 0.29) is 12.5 Å². The molecule has 1 amide bonds. The lowest BCUT2D eigenvalue weighted by molar-refractivity contribution is 0.0948. The molecule has 0 aliphatic rings. The molecule has 0 heterocycles. The number of benzene rings is 2. The van der Waals surface area contributed by atoms with Crippen molar-refractivity contribution in [3.8, 4) is 5.75 Å². The quantitative estimate of drug-likeness (QED) is 0.730. The first kappa shape index (κ1) is 14.9. The number of rotatable bonds is 5. The molecule has 0 aliphatic carbocycles. The van der Waals surface area contributed by atoms with Crippen molar-refractivity contribution in [2.75, 3.05) is 12.8 Å². The minimum Gasteiger partial charge on any atom is -0.496 e. The van der Waals surface area contributed by atoms with Crippen LogP contribution < -0.4 is 15.8 Å². The zero-order valence-corrected chi connectivity index (χ0v) is 11.8. The van der Waals surface area contributed by atoms with E-state index in [2.05, 4.69) is 5.32 Å². The van der Waals surface area contributed by atoms with E-state index in [1.54, 1.807) is 18.2 Å². The van der Waals surface area contributed by atoms with Crippen molar-refractivity contribution in [3.63, 3.8) is 0 Å². The monoisotopic (exact) mass is 286 g/mol. The van der Waals surface area contributed by atoms with Gasteiger partial charge in [0.25, 0.3) is 5.91 Å². The van der Waals surface area contributed by atoms with Gasteiger partial charge in [-0.25, -0.2) is 0 Å². The summed E-state index contributed by atoms with van der Waals surface area (Å²) in [4.78, 5) is 12.2. The van der Waals surface area contributed by atoms with Crippen molar-refractivity contribution < 1.29 is 14.6 Å². The second-order valence-electron chi connectivity index (χ2n) is 4.62. The fraction of sp³-hybridized carbons (Fsp3) is 0.188. The van der Waals surface area contributed by atoms with Gasteiger partial charge in [0.2, 0.25) is 0 Å². The summed E-state index contributed by atoms with van der Waals surface area (Å²) in [6, 6.07) is 12.3. The number of hydrogen-bond acceptors (Lipinski definition) is 4. The highest BCUT2D eigenvalue weighted by molar-refractivity contribution is 5.97. The maximum absolute atomic E-state index is 12.2. The minimum absolute atomic E-state index is 0.0203. The number of anilines is 1. The molecular formula is C16H18N2O3. The number of ether oxygens (including phenoxy) is 1. The molecule has 0 fully saturated rings. The number of amides is 1. The number of nitrogen functional groups attached to an aromatic ring is 1. The summed E-state index contributed by atoms with van der Waals surface area (Å²) < 4.78 is 5.16. The number of hydrogen-bond donors (Lipinski definition) is 3. The Kier molecular flexibility index (Phi) is 4.79. The Balaban J connectivity index is 2.08. The summed E-state index contributed by atoms with van der Waals surface area (Å²) in [7, 11) is 1.50. The number of nitrogens with one attached hydrogen (secondary N) is 1. The van der Waals surface area contributed by atoms with Gasteiger partial charge in [0.05, 0.1) is 19.3 Å². The van der Waals surface area contributed by atoms with Gasteiger partial charge in [-0.05, 0) is 23.3 Å². The number of aliphatic hydroxyl groups excluding tert-OH is 1. The Bertz CT molecular complexity index is 641. The second kappa shape index (κ2) is 6.76. The largest absolute Gasteiger partial charge is 0.496 e. The zero-order valence-electron chi connectivity index (χ0n) is 11.8. The molecule has 2 rings (SSSR count). The predicted octanol–water partition coefficient (Wildman–Crippen LogP) is 1.70. The molecule has 0 spiro atoms. The van der Waals surface area contributed by atoms with Crippen molar-refractivity contribution in [2.24, 2.45) is 0 Å². The van der Waals surface area contributed by atoms with Crippen LogP contribution in [0.2, 0.25) is 0 Å². The molecule has 0 aliphatic heterocycles. The van der Waals surface area contributed by atoms with E-state index in [9.17, 15) is 4.79 Å². The third-order valence-corrected chi connectivity index (χ3v) is 3.10. The van der Waals surface area contributed by atoms with Crippen LogP contribution in [0, 0.1) is 0 Å². The van der Waals surface area contributed by atoms with Gasteiger partial charge in [0.15, 0.2) is 0 Å². The fourth-order valence-electron chi connectivity index (χ4n) is 2.01. The third kappa shape index (κ3) is 3.73. The van der Waals surface area contributed by atoms with Crippen LogP contribution in [0.25, 0.3) is 0 Å². The van der Waals surface area contributed by atoms with Crippen molar-refractivity contribution in [1.82, 2.24) is 5.32 Å². The van der Waals surface area contributed by atoms with Crippen LogP contribution in [0.15, 0.2) is 42.5 Å². The summed E-state index contributed by atoms with van der Waals surface area (Å²) >= 11 is 0. The first-order valence-electron chi connectivity index (χ1n) is 6.54. The highest BCUT2D eigenvalue weighted by atomic mass is 16.5. The summed E-state index contributed by atoms with van der Waals surface area (Å²) in [5.41, 5.74) is 8.37. The van der Waals surface area contributed by atoms with Gasteiger partial charge in [-0.15, -0.1) is 0 Å². The molecule has 0 bridgehead atoms. The van der Waals surface area contributed by atoms with E-state index in [4.69, 9.17) is 15.6 Å². The average molecular weight is 286 g/mol. The number of nitrogens with two attached hydrogens (primary N) is 1. The third-order valence-electron chi connectivity index (χ3n) is 3.10. The van der Waals surface area contributed by atoms with Crippen LogP contribution in [-0.4, -0.2) is 18.1 Å². The van der Waals surface area contributed by atoms with E-state index < -0.39 is 0 Å². The molecule has 2 aromatic rings. The Labute approximate surface area is 123 Å². The average Bonchev–Trinajstić information content (AvgIpc) is 2.52. The van der Waals surface area contributed by atoms with Crippen LogP contribution >= 0.6 is 0 Å². The molecule has 5 heteroatoms. The Morgan fingerprint density at radius 2 is 2.00 bits per heavy atom. The molecule has 110 valence electrons. The van der Waals surface area contributed by atoms with Gasteiger partial charge in [-0.3, -0.25) is 4.79 Å². The van der Waals surface area contributed by atoms with Crippen LogP contribution in [0.3, 0.4) is 0 Å². The lowest BCUT2D eigenvalue weighted by atomic mass is 10.1. The highest BCUT2D eigenvalue weighted by Gasteiger charge is 2.12. The number of aliphatic hydroxyl groups is 1. The first-order chi connectivity index (χ1) is 10.1. The summed E-state index contributed by atoms with van der Waals surface area (Å²) in [5, 5.41) is 11.9. The van der Waals surface area contributed by atoms with Crippen LogP contribution in [0.4, 0.5) is 5.69 Å². The molecule has 5 nitrogen and oxygen atoms in total. The van der Waals surface area contributed by atoms with Crippen molar-refractivity contribution in [1.29, 1.82) is 0 Å². The Morgan fingerprint density at radius 1 is 1.24 bits per heavy atom. The summed E-state index contributed by atoms with van der Waals surface area (Å²) in [6.07, 6.45) is 0. The van der Waals surface area contributed by atoms with E-state index in [0.29, 0.717) is 23.5 Å². The maximum atomic E-state index is 12.2. The molecule has 2 aromatic carbocycles. The van der Waals surface area contributed by atoms with Gasteiger partial charge < -0.3 is 20.9 Å². The standard InChI is InChI=1S/C16H18N2O3/c1-21-15-8-13(17)5-6-14(15)16(20)18-9-11-3-2-4-12(7-11)10-19/h2-8,19H,9-10,17H2,1H3,(H,18,20). The summed E-state index contributed by atoms with van der Waals surface area (Å²) in [5.74, 6) is 0.206. The number of carbonyl (C=O) groups is 1.